The van der Waals surface area contributed by atoms with Crippen LogP contribution in [0.3, 0.4) is 0 Å². The Morgan fingerprint density at radius 3 is 1.17 bits per heavy atom. The number of aromatic nitrogens is 2. The van der Waals surface area contributed by atoms with Crippen LogP contribution in [0.15, 0.2) is 231 Å². The molecule has 0 saturated heterocycles. The van der Waals surface area contributed by atoms with Gasteiger partial charge in [-0.2, -0.15) is 0 Å². The minimum atomic E-state index is 0.708. The molecule has 0 N–H and O–H groups in total. The van der Waals surface area contributed by atoms with E-state index in [-0.39, 0.29) is 0 Å². The quantitative estimate of drug-likeness (QED) is 0.119. The normalized spacial score (nSPS) is 11.3. The van der Waals surface area contributed by atoms with Gasteiger partial charge in [-0.3, -0.25) is 0 Å². The van der Waals surface area contributed by atoms with Crippen molar-refractivity contribution < 1.29 is 0 Å². The van der Waals surface area contributed by atoms with Crippen molar-refractivity contribution in [3.63, 3.8) is 0 Å². The molecule has 0 aliphatic rings. The van der Waals surface area contributed by atoms with Crippen LogP contribution in [-0.4, -0.2) is 9.97 Å². The summed E-state index contributed by atoms with van der Waals surface area (Å²) in [5.41, 5.74) is 14.5. The maximum absolute atomic E-state index is 5.10. The SMILES string of the molecule is c1ccc(-c2ccc(-c3cc(-c4ccc(-c5ccc(-c6c7ccccc7c(-c7ccccc7)c7c6ccc6ccccc67)cc5)cc4)nc(-c4ccccc4)n3)cc2)cc1. The van der Waals surface area contributed by atoms with Gasteiger partial charge in [-0.1, -0.05) is 224 Å². The Labute approximate surface area is 349 Å². The van der Waals surface area contributed by atoms with Crippen LogP contribution in [0.25, 0.3) is 111 Å². The molecule has 2 heteroatoms. The molecule has 1 heterocycles. The van der Waals surface area contributed by atoms with Crippen molar-refractivity contribution >= 4 is 32.3 Å². The van der Waals surface area contributed by atoms with Crippen molar-refractivity contribution in [1.29, 1.82) is 0 Å². The third-order valence-corrected chi connectivity index (χ3v) is 11.7. The molecular weight excluding hydrogens is 725 g/mol. The maximum atomic E-state index is 5.10. The van der Waals surface area contributed by atoms with E-state index in [0.717, 1.165) is 39.2 Å². The Bertz CT molecular complexity index is 3300. The maximum Gasteiger partial charge on any atom is 0.160 e. The molecule has 2 nitrogen and oxygen atoms in total. The number of nitrogens with zero attached hydrogens (tertiary/aromatic N) is 2. The van der Waals surface area contributed by atoms with Crippen LogP contribution in [0, 0.1) is 0 Å². The molecule has 0 radical (unpaired) electrons. The summed E-state index contributed by atoms with van der Waals surface area (Å²) in [6, 6.07) is 82.4. The Morgan fingerprint density at radius 1 is 0.233 bits per heavy atom. The molecule has 0 fully saturated rings. The average molecular weight is 763 g/mol. The van der Waals surface area contributed by atoms with Crippen molar-refractivity contribution in [2.45, 2.75) is 0 Å². The van der Waals surface area contributed by atoms with Gasteiger partial charge < -0.3 is 0 Å². The van der Waals surface area contributed by atoms with E-state index in [2.05, 4.69) is 206 Å². The van der Waals surface area contributed by atoms with E-state index in [4.69, 9.17) is 9.97 Å². The third-order valence-electron chi connectivity index (χ3n) is 11.7. The highest BCUT2D eigenvalue weighted by molar-refractivity contribution is 6.27. The molecule has 0 spiro atoms. The van der Waals surface area contributed by atoms with Crippen molar-refractivity contribution in [3.8, 4) is 78.4 Å². The molecule has 0 unspecified atom stereocenters. The fourth-order valence-corrected chi connectivity index (χ4v) is 8.75. The van der Waals surface area contributed by atoms with Crippen molar-refractivity contribution in [3.05, 3.63) is 231 Å². The molecule has 60 heavy (non-hydrogen) atoms. The fourth-order valence-electron chi connectivity index (χ4n) is 8.75. The minimum absolute atomic E-state index is 0.708. The van der Waals surface area contributed by atoms with Gasteiger partial charge in [0.05, 0.1) is 11.4 Å². The Kier molecular flexibility index (Phi) is 8.87. The molecule has 11 rings (SSSR count). The first-order chi connectivity index (χ1) is 29.7. The van der Waals surface area contributed by atoms with Crippen LogP contribution in [0.1, 0.15) is 0 Å². The summed E-state index contributed by atoms with van der Waals surface area (Å²) in [5.74, 6) is 0.708. The lowest BCUT2D eigenvalue weighted by molar-refractivity contribution is 1.18. The van der Waals surface area contributed by atoms with Crippen molar-refractivity contribution in [2.75, 3.05) is 0 Å². The van der Waals surface area contributed by atoms with Crippen LogP contribution in [0.2, 0.25) is 0 Å². The molecule has 0 saturated carbocycles. The van der Waals surface area contributed by atoms with E-state index in [0.29, 0.717) is 5.82 Å². The fraction of sp³-hybridized carbons (Fsp3) is 0. The van der Waals surface area contributed by atoms with Gasteiger partial charge in [-0.05, 0) is 82.9 Å². The first-order valence-electron chi connectivity index (χ1n) is 20.5. The largest absolute Gasteiger partial charge is 0.228 e. The van der Waals surface area contributed by atoms with Crippen molar-refractivity contribution in [2.24, 2.45) is 0 Å². The predicted molar refractivity (Wildman–Crippen MR) is 253 cm³/mol. The summed E-state index contributed by atoms with van der Waals surface area (Å²) in [6.45, 7) is 0. The summed E-state index contributed by atoms with van der Waals surface area (Å²) in [6.07, 6.45) is 0. The van der Waals surface area contributed by atoms with E-state index < -0.39 is 0 Å². The van der Waals surface area contributed by atoms with Crippen LogP contribution in [-0.2, 0) is 0 Å². The standard InChI is InChI=1S/C58H38N2/c1-4-14-39(15-5-1)40-24-30-44(31-25-40)53-38-54(60-58(59-53)48-19-8-3-9-20-48)45-32-26-41(27-33-45)42-28-34-47(35-29-42)55-50-22-12-13-23-51(50)56(46-17-6-2-7-18-46)57-49-21-11-10-16-43(49)36-37-52(55)57/h1-38H. The summed E-state index contributed by atoms with van der Waals surface area (Å²) in [7, 11) is 0. The molecule has 0 aliphatic heterocycles. The van der Waals surface area contributed by atoms with Gasteiger partial charge in [0, 0.05) is 16.7 Å². The number of benzene rings is 10. The molecule has 0 aliphatic carbocycles. The van der Waals surface area contributed by atoms with Crippen LogP contribution in [0.4, 0.5) is 0 Å². The van der Waals surface area contributed by atoms with E-state index in [1.54, 1.807) is 0 Å². The van der Waals surface area contributed by atoms with Crippen molar-refractivity contribution in [1.82, 2.24) is 9.97 Å². The summed E-state index contributed by atoms with van der Waals surface area (Å²) in [4.78, 5) is 10.2. The molecule has 10 aromatic carbocycles. The Balaban J connectivity index is 0.969. The first kappa shape index (κ1) is 35.2. The number of rotatable bonds is 7. The monoisotopic (exact) mass is 762 g/mol. The number of hydrogen-bond donors (Lipinski definition) is 0. The van der Waals surface area contributed by atoms with Gasteiger partial charge in [-0.15, -0.1) is 0 Å². The van der Waals surface area contributed by atoms with Gasteiger partial charge in [0.25, 0.3) is 0 Å². The zero-order valence-corrected chi connectivity index (χ0v) is 32.8. The second kappa shape index (κ2) is 15.1. The van der Waals surface area contributed by atoms with E-state index in [1.165, 1.54) is 65.7 Å². The summed E-state index contributed by atoms with van der Waals surface area (Å²) < 4.78 is 0. The zero-order chi connectivity index (χ0) is 39.8. The van der Waals surface area contributed by atoms with Gasteiger partial charge in [0.1, 0.15) is 0 Å². The highest BCUT2D eigenvalue weighted by atomic mass is 14.9. The van der Waals surface area contributed by atoms with E-state index >= 15 is 0 Å². The topological polar surface area (TPSA) is 25.8 Å². The molecule has 0 bridgehead atoms. The minimum Gasteiger partial charge on any atom is -0.228 e. The summed E-state index contributed by atoms with van der Waals surface area (Å²) >= 11 is 0. The van der Waals surface area contributed by atoms with Gasteiger partial charge >= 0.3 is 0 Å². The molecule has 280 valence electrons. The number of fused-ring (bicyclic) bond motifs is 4. The molecular formula is C58H38N2. The van der Waals surface area contributed by atoms with E-state index in [1.807, 2.05) is 24.3 Å². The van der Waals surface area contributed by atoms with Gasteiger partial charge in [-0.25, -0.2) is 9.97 Å². The highest BCUT2D eigenvalue weighted by Crippen LogP contribution is 2.46. The third kappa shape index (κ3) is 6.41. The first-order valence-corrected chi connectivity index (χ1v) is 20.5. The second-order valence-corrected chi connectivity index (χ2v) is 15.3. The van der Waals surface area contributed by atoms with Crippen LogP contribution < -0.4 is 0 Å². The average Bonchev–Trinajstić information content (AvgIpc) is 3.34. The molecule has 0 amide bonds. The lowest BCUT2D eigenvalue weighted by atomic mass is 9.84. The van der Waals surface area contributed by atoms with E-state index in [9.17, 15) is 0 Å². The second-order valence-electron chi connectivity index (χ2n) is 15.3. The smallest absolute Gasteiger partial charge is 0.160 e. The molecule has 0 atom stereocenters. The van der Waals surface area contributed by atoms with Gasteiger partial charge in [0.2, 0.25) is 0 Å². The zero-order valence-electron chi connectivity index (χ0n) is 32.8. The predicted octanol–water partition coefficient (Wildman–Crippen LogP) is 15.6. The summed E-state index contributed by atoms with van der Waals surface area (Å²) in [5, 5.41) is 7.58. The van der Waals surface area contributed by atoms with Crippen LogP contribution >= 0.6 is 0 Å². The molecule has 1 aromatic heterocycles. The number of hydrogen-bond acceptors (Lipinski definition) is 2. The lowest BCUT2D eigenvalue weighted by Crippen LogP contribution is -1.96. The van der Waals surface area contributed by atoms with Gasteiger partial charge in [0.15, 0.2) is 5.82 Å². The highest BCUT2D eigenvalue weighted by Gasteiger charge is 2.19. The molecule has 11 aromatic rings. The Hall–Kier alpha value is -7.94. The Morgan fingerprint density at radius 2 is 0.617 bits per heavy atom. The van der Waals surface area contributed by atoms with Crippen LogP contribution in [0.5, 0.6) is 0 Å². The lowest BCUT2D eigenvalue weighted by Gasteiger charge is -2.19.